The minimum absolute atomic E-state index is 0.381. The summed E-state index contributed by atoms with van der Waals surface area (Å²) in [7, 11) is 1.89. The summed E-state index contributed by atoms with van der Waals surface area (Å²) in [6.45, 7) is 0.938. The second-order valence-corrected chi connectivity index (χ2v) is 5.06. The van der Waals surface area contributed by atoms with Gasteiger partial charge in [0.2, 0.25) is 0 Å². The zero-order chi connectivity index (χ0) is 14.4. The van der Waals surface area contributed by atoms with E-state index in [4.69, 9.17) is 15.7 Å². The number of hydrogen-bond acceptors (Lipinski definition) is 6. The molecule has 6 nitrogen and oxygen atoms in total. The Balaban J connectivity index is 1.78. The highest BCUT2D eigenvalue weighted by atomic mass is 32.2. The van der Waals surface area contributed by atoms with Crippen molar-refractivity contribution < 1.29 is 4.74 Å². The number of hydrogen-bond donors (Lipinski definition) is 1. The van der Waals surface area contributed by atoms with Gasteiger partial charge in [-0.25, -0.2) is 0 Å². The van der Waals surface area contributed by atoms with E-state index in [-0.39, 0.29) is 0 Å². The van der Waals surface area contributed by atoms with Crippen molar-refractivity contribution in [2.45, 2.75) is 11.7 Å². The van der Waals surface area contributed by atoms with Gasteiger partial charge in [-0.3, -0.25) is 0 Å². The lowest BCUT2D eigenvalue weighted by molar-refractivity contribution is 0.344. The number of rotatable bonds is 6. The number of ether oxygens (including phenoxy) is 1. The highest BCUT2D eigenvalue weighted by Crippen LogP contribution is 2.16. The van der Waals surface area contributed by atoms with Gasteiger partial charge in [0, 0.05) is 12.8 Å². The van der Waals surface area contributed by atoms with Crippen LogP contribution in [0.25, 0.3) is 0 Å². The van der Waals surface area contributed by atoms with Crippen molar-refractivity contribution >= 4 is 11.8 Å². The van der Waals surface area contributed by atoms with E-state index in [1.165, 1.54) is 0 Å². The van der Waals surface area contributed by atoms with E-state index >= 15 is 0 Å². The fourth-order valence-corrected chi connectivity index (χ4v) is 2.31. The molecule has 0 bridgehead atoms. The Labute approximate surface area is 121 Å². The van der Waals surface area contributed by atoms with Crippen LogP contribution in [0.3, 0.4) is 0 Å². The fourth-order valence-electron chi connectivity index (χ4n) is 1.57. The average molecular weight is 289 g/mol. The fraction of sp³-hybridized carbons (Fsp3) is 0.308. The van der Waals surface area contributed by atoms with Crippen molar-refractivity contribution in [2.75, 3.05) is 12.4 Å². The van der Waals surface area contributed by atoms with Gasteiger partial charge in [-0.2, -0.15) is 5.26 Å². The Kier molecular flexibility index (Phi) is 4.98. The lowest BCUT2D eigenvalue weighted by Gasteiger charge is -2.06. The van der Waals surface area contributed by atoms with Gasteiger partial charge in [0.15, 0.2) is 5.16 Å². The summed E-state index contributed by atoms with van der Waals surface area (Å²) >= 11 is 1.57. The molecule has 20 heavy (non-hydrogen) atoms. The Morgan fingerprint density at radius 2 is 2.10 bits per heavy atom. The molecule has 0 saturated carbocycles. The Bertz CT molecular complexity index is 602. The Morgan fingerprint density at radius 1 is 1.35 bits per heavy atom. The molecule has 0 aliphatic heterocycles. The molecule has 2 aromatic rings. The van der Waals surface area contributed by atoms with Crippen LogP contribution in [0, 0.1) is 11.3 Å². The van der Waals surface area contributed by atoms with E-state index in [1.54, 1.807) is 36.0 Å². The van der Waals surface area contributed by atoms with Gasteiger partial charge in [-0.05, 0) is 24.3 Å². The van der Waals surface area contributed by atoms with Crippen LogP contribution in [0.5, 0.6) is 5.75 Å². The highest BCUT2D eigenvalue weighted by molar-refractivity contribution is 7.99. The molecule has 1 heterocycles. The van der Waals surface area contributed by atoms with Crippen LogP contribution in [0.15, 0.2) is 29.4 Å². The normalized spacial score (nSPS) is 10.2. The average Bonchev–Trinajstić information content (AvgIpc) is 2.84. The van der Waals surface area contributed by atoms with Crippen molar-refractivity contribution in [3.63, 3.8) is 0 Å². The third-order valence-corrected chi connectivity index (χ3v) is 3.66. The molecule has 0 spiro atoms. The number of thioether (sulfide) groups is 1. The van der Waals surface area contributed by atoms with Crippen LogP contribution in [0.4, 0.5) is 0 Å². The van der Waals surface area contributed by atoms with E-state index in [1.807, 2.05) is 11.6 Å². The number of nitrogens with zero attached hydrogens (tertiary/aromatic N) is 4. The molecule has 0 amide bonds. The topological polar surface area (TPSA) is 89.8 Å². The maximum absolute atomic E-state index is 8.70. The third-order valence-electron chi connectivity index (χ3n) is 2.67. The monoisotopic (exact) mass is 289 g/mol. The predicted molar refractivity (Wildman–Crippen MR) is 76.3 cm³/mol. The second-order valence-electron chi connectivity index (χ2n) is 4.00. The number of nitrogens with two attached hydrogens (primary N) is 1. The van der Waals surface area contributed by atoms with E-state index in [2.05, 4.69) is 16.3 Å². The number of nitriles is 1. The molecule has 0 aliphatic carbocycles. The van der Waals surface area contributed by atoms with E-state index in [9.17, 15) is 0 Å². The molecule has 1 aromatic heterocycles. The van der Waals surface area contributed by atoms with Gasteiger partial charge in [-0.1, -0.05) is 11.8 Å². The largest absolute Gasteiger partial charge is 0.493 e. The van der Waals surface area contributed by atoms with Gasteiger partial charge in [0.25, 0.3) is 0 Å². The molecule has 7 heteroatoms. The Morgan fingerprint density at radius 3 is 2.70 bits per heavy atom. The highest BCUT2D eigenvalue weighted by Gasteiger charge is 2.07. The molecular formula is C13H15N5OS. The standard InChI is InChI=1S/C13H15N5OS/c1-18-12(9-15)16-17-13(18)20-7-6-19-11-4-2-10(8-14)3-5-11/h2-5H,6-7,9,15H2,1H3. The molecule has 0 atom stereocenters. The zero-order valence-electron chi connectivity index (χ0n) is 11.1. The molecule has 0 saturated heterocycles. The maximum Gasteiger partial charge on any atom is 0.191 e. The first-order chi connectivity index (χ1) is 9.74. The molecule has 2 N–H and O–H groups in total. The predicted octanol–water partition coefficient (Wildman–Crippen LogP) is 1.32. The smallest absolute Gasteiger partial charge is 0.191 e. The summed E-state index contributed by atoms with van der Waals surface area (Å²) < 4.78 is 7.47. The van der Waals surface area contributed by atoms with E-state index < -0.39 is 0 Å². The molecule has 0 radical (unpaired) electrons. The molecule has 0 aliphatic rings. The number of benzene rings is 1. The summed E-state index contributed by atoms with van der Waals surface area (Å²) in [6.07, 6.45) is 0. The Hall–Kier alpha value is -2.04. The maximum atomic E-state index is 8.70. The molecule has 0 unspecified atom stereocenters. The van der Waals surface area contributed by atoms with Crippen molar-refractivity contribution in [3.8, 4) is 11.8 Å². The zero-order valence-corrected chi connectivity index (χ0v) is 11.9. The van der Waals surface area contributed by atoms with Crippen LogP contribution in [-0.4, -0.2) is 27.1 Å². The number of aromatic nitrogens is 3. The summed E-state index contributed by atoms with van der Waals surface area (Å²) in [4.78, 5) is 0. The van der Waals surface area contributed by atoms with Crippen LogP contribution >= 0.6 is 11.8 Å². The van der Waals surface area contributed by atoms with Crippen LogP contribution in [0.1, 0.15) is 11.4 Å². The first-order valence-corrected chi connectivity index (χ1v) is 7.07. The molecule has 104 valence electrons. The SMILES string of the molecule is Cn1c(CN)nnc1SCCOc1ccc(C#N)cc1. The molecular weight excluding hydrogens is 274 g/mol. The first-order valence-electron chi connectivity index (χ1n) is 6.08. The van der Waals surface area contributed by atoms with Gasteiger partial charge < -0.3 is 15.0 Å². The van der Waals surface area contributed by atoms with Crippen molar-refractivity contribution in [1.82, 2.24) is 14.8 Å². The van der Waals surface area contributed by atoms with Crippen molar-refractivity contribution in [1.29, 1.82) is 5.26 Å². The van der Waals surface area contributed by atoms with E-state index in [0.29, 0.717) is 18.7 Å². The molecule has 0 fully saturated rings. The quantitative estimate of drug-likeness (QED) is 0.637. The molecule has 1 aromatic carbocycles. The minimum atomic E-state index is 0.381. The van der Waals surface area contributed by atoms with Gasteiger partial charge in [-0.15, -0.1) is 10.2 Å². The van der Waals surface area contributed by atoms with Crippen molar-refractivity contribution in [3.05, 3.63) is 35.7 Å². The van der Waals surface area contributed by atoms with Crippen LogP contribution < -0.4 is 10.5 Å². The lowest BCUT2D eigenvalue weighted by Crippen LogP contribution is -2.06. The summed E-state index contributed by atoms with van der Waals surface area (Å²) in [5.41, 5.74) is 6.16. The van der Waals surface area contributed by atoms with Gasteiger partial charge in [0.1, 0.15) is 11.6 Å². The summed E-state index contributed by atoms with van der Waals surface area (Å²) in [5.74, 6) is 2.28. The van der Waals surface area contributed by atoms with Gasteiger partial charge in [0.05, 0.1) is 24.8 Å². The van der Waals surface area contributed by atoms with Crippen LogP contribution in [-0.2, 0) is 13.6 Å². The first kappa shape index (κ1) is 14.4. The lowest BCUT2D eigenvalue weighted by atomic mass is 10.2. The molecule has 2 rings (SSSR count). The van der Waals surface area contributed by atoms with E-state index in [0.717, 1.165) is 22.5 Å². The van der Waals surface area contributed by atoms with Crippen molar-refractivity contribution in [2.24, 2.45) is 12.8 Å². The second kappa shape index (κ2) is 6.93. The van der Waals surface area contributed by atoms with Gasteiger partial charge >= 0.3 is 0 Å². The minimum Gasteiger partial charge on any atom is -0.493 e. The third kappa shape index (κ3) is 3.50. The summed E-state index contributed by atoms with van der Waals surface area (Å²) in [6, 6.07) is 9.12. The van der Waals surface area contributed by atoms with Crippen LogP contribution in [0.2, 0.25) is 0 Å². The summed E-state index contributed by atoms with van der Waals surface area (Å²) in [5, 5.41) is 17.6.